The second-order valence-corrected chi connectivity index (χ2v) is 12.0. The van der Waals surface area contributed by atoms with Crippen molar-refractivity contribution in [2.24, 2.45) is 13.0 Å². The Hall–Kier alpha value is -4.37. The summed E-state index contributed by atoms with van der Waals surface area (Å²) in [4.78, 5) is 26.2. The molecule has 4 aromatic rings. The molecule has 1 aliphatic rings. The molecule has 0 unspecified atom stereocenters. The second kappa shape index (κ2) is 14.4. The zero-order valence-corrected chi connectivity index (χ0v) is 26.5. The van der Waals surface area contributed by atoms with Crippen molar-refractivity contribution in [2.75, 3.05) is 56.4 Å². The normalized spacial score (nSPS) is 13.7. The van der Waals surface area contributed by atoms with E-state index in [4.69, 9.17) is 9.72 Å². The maximum atomic E-state index is 12.5. The third-order valence-corrected chi connectivity index (χ3v) is 8.42. The lowest BCUT2D eigenvalue weighted by atomic mass is 9.87. The number of nitrogens with one attached hydrogen (secondary N) is 2. The molecule has 0 saturated heterocycles. The number of para-hydroxylation sites is 1. The maximum Gasteiger partial charge on any atom is 0.247 e. The van der Waals surface area contributed by atoms with E-state index in [-0.39, 0.29) is 5.91 Å². The van der Waals surface area contributed by atoms with Crippen LogP contribution in [-0.2, 0) is 11.8 Å². The number of nitrogens with zero attached hydrogens (tertiary/aromatic N) is 5. The second-order valence-electron chi connectivity index (χ2n) is 12.0. The summed E-state index contributed by atoms with van der Waals surface area (Å²) in [6.45, 7) is 5.90. The van der Waals surface area contributed by atoms with Gasteiger partial charge in [0.1, 0.15) is 5.75 Å². The third-order valence-electron chi connectivity index (χ3n) is 8.42. The molecule has 0 spiro atoms. The number of carbonyl (C=O) groups excluding carboxylic acids is 1. The highest BCUT2D eigenvalue weighted by atomic mass is 16.5. The van der Waals surface area contributed by atoms with Crippen LogP contribution in [0.3, 0.4) is 0 Å². The number of hydrogen-bond acceptors (Lipinski definition) is 7. The molecule has 1 aliphatic carbocycles. The molecule has 5 rings (SSSR count). The molecule has 0 radical (unpaired) electrons. The highest BCUT2D eigenvalue weighted by Crippen LogP contribution is 2.39. The molecule has 9 heteroatoms. The van der Waals surface area contributed by atoms with E-state index in [1.807, 2.05) is 58.5 Å². The lowest BCUT2D eigenvalue weighted by molar-refractivity contribution is -0.111. The molecule has 232 valence electrons. The minimum absolute atomic E-state index is 0.279. The standard InChI is InChI=1S/C35H45N7O2/c1-6-34(43)37-29-22-30(39-35-36-18-16-28(38-35)27-24-42(5)31-15-11-10-14-26(27)31)33(23-32(29)41(4)20-19-40(2)3)44-21-17-25-12-8-7-9-13-25/h6,10-11,14-16,18,22-25H,1,7-9,12-13,17,19-21H2,2-5H3,(H,37,43)(H,36,38,39). The summed E-state index contributed by atoms with van der Waals surface area (Å²) in [5.74, 6) is 1.57. The Morgan fingerprint density at radius 1 is 1.09 bits per heavy atom. The number of ether oxygens (including phenoxy) is 1. The number of amides is 1. The van der Waals surface area contributed by atoms with Crippen LogP contribution < -0.4 is 20.3 Å². The fourth-order valence-corrected chi connectivity index (χ4v) is 5.90. The van der Waals surface area contributed by atoms with Crippen LogP contribution in [0.4, 0.5) is 23.0 Å². The Bertz CT molecular complexity index is 1590. The van der Waals surface area contributed by atoms with Crippen molar-refractivity contribution in [3.05, 3.63) is 67.5 Å². The summed E-state index contributed by atoms with van der Waals surface area (Å²) in [5, 5.41) is 7.55. The molecule has 2 aromatic heterocycles. The van der Waals surface area contributed by atoms with Crippen molar-refractivity contribution in [2.45, 2.75) is 38.5 Å². The maximum absolute atomic E-state index is 12.5. The Kier molecular flexibility index (Phi) is 10.2. The van der Waals surface area contributed by atoms with Gasteiger partial charge in [0.2, 0.25) is 11.9 Å². The van der Waals surface area contributed by atoms with Crippen molar-refractivity contribution >= 4 is 39.8 Å². The first-order valence-electron chi connectivity index (χ1n) is 15.6. The number of aromatic nitrogens is 3. The average Bonchev–Trinajstić information content (AvgIpc) is 3.37. The van der Waals surface area contributed by atoms with Crippen LogP contribution in [0.2, 0.25) is 0 Å². The molecular formula is C35H45N7O2. The average molecular weight is 596 g/mol. The SMILES string of the molecule is C=CC(=O)Nc1cc(Nc2nccc(-c3cn(C)c4ccccc34)n2)c(OCCC2CCCCC2)cc1N(C)CCN(C)C. The van der Waals surface area contributed by atoms with E-state index >= 15 is 0 Å². The van der Waals surface area contributed by atoms with Gasteiger partial charge in [-0.05, 0) is 50.7 Å². The molecule has 0 atom stereocenters. The van der Waals surface area contributed by atoms with Gasteiger partial charge in [-0.3, -0.25) is 4.79 Å². The molecule has 2 aromatic carbocycles. The monoisotopic (exact) mass is 595 g/mol. The number of likely N-dealkylation sites (N-methyl/N-ethyl adjacent to an activating group) is 2. The zero-order chi connectivity index (χ0) is 31.1. The molecule has 0 bridgehead atoms. The van der Waals surface area contributed by atoms with Gasteiger partial charge in [-0.1, -0.05) is 56.9 Å². The van der Waals surface area contributed by atoms with Crippen molar-refractivity contribution in [1.82, 2.24) is 19.4 Å². The minimum atomic E-state index is -0.279. The first-order chi connectivity index (χ1) is 21.3. The van der Waals surface area contributed by atoms with Crippen molar-refractivity contribution in [3.63, 3.8) is 0 Å². The predicted octanol–water partition coefficient (Wildman–Crippen LogP) is 6.85. The van der Waals surface area contributed by atoms with E-state index in [2.05, 4.69) is 54.9 Å². The molecule has 9 nitrogen and oxygen atoms in total. The number of fused-ring (bicyclic) bond motifs is 1. The minimum Gasteiger partial charge on any atom is -0.491 e. The molecule has 1 saturated carbocycles. The van der Waals surface area contributed by atoms with Crippen LogP contribution in [0.15, 0.2) is 67.5 Å². The van der Waals surface area contributed by atoms with E-state index in [1.54, 1.807) is 6.20 Å². The number of rotatable bonds is 13. The molecule has 2 heterocycles. The van der Waals surface area contributed by atoms with Gasteiger partial charge in [-0.25, -0.2) is 9.97 Å². The Morgan fingerprint density at radius 2 is 1.89 bits per heavy atom. The highest BCUT2D eigenvalue weighted by molar-refractivity contribution is 6.02. The van der Waals surface area contributed by atoms with Crippen LogP contribution >= 0.6 is 0 Å². The van der Waals surface area contributed by atoms with Crippen LogP contribution in [0, 0.1) is 5.92 Å². The summed E-state index contributed by atoms with van der Waals surface area (Å²) in [7, 11) is 8.16. The zero-order valence-electron chi connectivity index (χ0n) is 26.5. The van der Waals surface area contributed by atoms with Gasteiger partial charge >= 0.3 is 0 Å². The topological polar surface area (TPSA) is 87.5 Å². The van der Waals surface area contributed by atoms with Crippen LogP contribution in [0.25, 0.3) is 22.2 Å². The fourth-order valence-electron chi connectivity index (χ4n) is 5.90. The van der Waals surface area contributed by atoms with Gasteiger partial charge in [-0.2, -0.15) is 0 Å². The number of carbonyl (C=O) groups is 1. The lowest BCUT2D eigenvalue weighted by Gasteiger charge is -2.26. The van der Waals surface area contributed by atoms with E-state index in [1.165, 1.54) is 38.2 Å². The predicted molar refractivity (Wildman–Crippen MR) is 181 cm³/mol. The van der Waals surface area contributed by atoms with Crippen LogP contribution in [0.1, 0.15) is 38.5 Å². The summed E-state index contributed by atoms with van der Waals surface area (Å²) in [6.07, 6.45) is 12.7. The number of benzene rings is 2. The van der Waals surface area contributed by atoms with E-state index < -0.39 is 0 Å². The Balaban J connectivity index is 1.49. The quantitative estimate of drug-likeness (QED) is 0.164. The number of hydrogen-bond donors (Lipinski definition) is 2. The lowest BCUT2D eigenvalue weighted by Crippen LogP contribution is -2.29. The smallest absolute Gasteiger partial charge is 0.247 e. The largest absolute Gasteiger partial charge is 0.491 e. The number of anilines is 4. The van der Waals surface area contributed by atoms with Crippen molar-refractivity contribution in [1.29, 1.82) is 0 Å². The molecule has 0 aliphatic heterocycles. The van der Waals surface area contributed by atoms with Gasteiger partial charge in [0.05, 0.1) is 29.4 Å². The van der Waals surface area contributed by atoms with Crippen LogP contribution in [0.5, 0.6) is 5.75 Å². The summed E-state index contributed by atoms with van der Waals surface area (Å²) >= 11 is 0. The molecule has 2 N–H and O–H groups in total. The van der Waals surface area contributed by atoms with E-state index in [0.29, 0.717) is 35.6 Å². The first kappa shape index (κ1) is 31.1. The molecular weight excluding hydrogens is 550 g/mol. The highest BCUT2D eigenvalue weighted by Gasteiger charge is 2.19. The third kappa shape index (κ3) is 7.58. The summed E-state index contributed by atoms with van der Waals surface area (Å²) < 4.78 is 8.61. The van der Waals surface area contributed by atoms with Crippen LogP contribution in [-0.4, -0.2) is 66.2 Å². The Labute approximate surface area is 260 Å². The van der Waals surface area contributed by atoms with Crippen molar-refractivity contribution in [3.8, 4) is 17.0 Å². The fraction of sp³-hybridized carbons (Fsp3) is 0.400. The van der Waals surface area contributed by atoms with E-state index in [9.17, 15) is 4.79 Å². The van der Waals surface area contributed by atoms with Gasteiger partial charge in [0.15, 0.2) is 0 Å². The van der Waals surface area contributed by atoms with Gasteiger partial charge in [0, 0.05) is 62.1 Å². The molecule has 1 amide bonds. The summed E-state index contributed by atoms with van der Waals surface area (Å²) in [5.41, 5.74) is 5.21. The Morgan fingerprint density at radius 3 is 2.66 bits per heavy atom. The summed E-state index contributed by atoms with van der Waals surface area (Å²) in [6, 6.07) is 14.1. The number of aryl methyl sites for hydroxylation is 1. The first-order valence-corrected chi connectivity index (χ1v) is 15.6. The van der Waals surface area contributed by atoms with E-state index in [0.717, 1.165) is 47.4 Å². The molecule has 44 heavy (non-hydrogen) atoms. The van der Waals surface area contributed by atoms with Gasteiger partial charge in [-0.15, -0.1) is 0 Å². The van der Waals surface area contributed by atoms with Gasteiger partial charge < -0.3 is 29.7 Å². The molecule has 1 fully saturated rings. The van der Waals surface area contributed by atoms with Gasteiger partial charge in [0.25, 0.3) is 0 Å². The van der Waals surface area contributed by atoms with Crippen molar-refractivity contribution < 1.29 is 9.53 Å².